The molecule has 25 heavy (non-hydrogen) atoms. The lowest BCUT2D eigenvalue weighted by atomic mass is 9.92. The molecule has 2 aromatic carbocycles. The van der Waals surface area contributed by atoms with Crippen molar-refractivity contribution in [2.45, 2.75) is 32.4 Å². The third kappa shape index (κ3) is 5.03. The third-order valence-electron chi connectivity index (χ3n) is 4.39. The molecule has 0 saturated carbocycles. The van der Waals surface area contributed by atoms with Crippen LogP contribution in [0, 0.1) is 11.7 Å². The monoisotopic (exact) mass is 342 g/mol. The van der Waals surface area contributed by atoms with Crippen LogP contribution in [-0.2, 0) is 11.4 Å². The topological polar surface area (TPSA) is 50.4 Å². The van der Waals surface area contributed by atoms with E-state index in [1.165, 1.54) is 12.1 Å². The van der Waals surface area contributed by atoms with Crippen molar-refractivity contribution in [3.8, 4) is 5.75 Å². The Morgan fingerprint density at radius 2 is 2.12 bits per heavy atom. The molecule has 1 aliphatic rings. The highest BCUT2D eigenvalue weighted by molar-refractivity contribution is 5.92. The molecule has 3 rings (SSSR count). The number of piperidine rings is 1. The summed E-state index contributed by atoms with van der Waals surface area (Å²) in [5.41, 5.74) is 1.48. The van der Waals surface area contributed by atoms with E-state index in [9.17, 15) is 9.18 Å². The Bertz CT molecular complexity index is 735. The predicted molar refractivity (Wildman–Crippen MR) is 96.0 cm³/mol. The van der Waals surface area contributed by atoms with Crippen LogP contribution in [0.5, 0.6) is 5.75 Å². The molecule has 0 aliphatic carbocycles. The molecular formula is C20H23FN2O2. The van der Waals surface area contributed by atoms with Crippen molar-refractivity contribution < 1.29 is 13.9 Å². The molecule has 1 heterocycles. The first-order valence-corrected chi connectivity index (χ1v) is 8.62. The van der Waals surface area contributed by atoms with Gasteiger partial charge in [0.1, 0.15) is 18.2 Å². The molecule has 4 nitrogen and oxygen atoms in total. The molecule has 2 aromatic rings. The minimum absolute atomic E-state index is 0.0353. The van der Waals surface area contributed by atoms with Crippen LogP contribution in [0.2, 0.25) is 0 Å². The normalized spacial score (nSPS) is 20.1. The first-order valence-electron chi connectivity index (χ1n) is 8.62. The van der Waals surface area contributed by atoms with Gasteiger partial charge < -0.3 is 15.4 Å². The number of amides is 1. The van der Waals surface area contributed by atoms with E-state index >= 15 is 0 Å². The number of benzene rings is 2. The zero-order valence-electron chi connectivity index (χ0n) is 14.3. The number of carbonyl (C=O) groups is 1. The van der Waals surface area contributed by atoms with E-state index in [1.54, 1.807) is 12.1 Å². The number of hydrogen-bond acceptors (Lipinski definition) is 3. The maximum Gasteiger partial charge on any atom is 0.227 e. The fourth-order valence-corrected chi connectivity index (χ4v) is 3.07. The standard InChI is InChI=1S/C20H23FN2O2/c1-14-10-16(8-9-22-14)20(24)23-18-6-3-7-19(12-18)25-13-15-4-2-5-17(21)11-15/h2-7,11-12,14,16,22H,8-10,13H2,1H3,(H,23,24)/t14-,16-/m0/s1. The molecular weight excluding hydrogens is 319 g/mol. The van der Waals surface area contributed by atoms with E-state index in [0.717, 1.165) is 24.9 Å². The van der Waals surface area contributed by atoms with Crippen molar-refractivity contribution in [2.24, 2.45) is 5.92 Å². The number of halogens is 1. The van der Waals surface area contributed by atoms with Gasteiger partial charge in [0.15, 0.2) is 0 Å². The number of nitrogens with one attached hydrogen (secondary N) is 2. The van der Waals surface area contributed by atoms with Gasteiger partial charge in [-0.1, -0.05) is 18.2 Å². The molecule has 2 N–H and O–H groups in total. The molecule has 0 aromatic heterocycles. The highest BCUT2D eigenvalue weighted by atomic mass is 19.1. The Morgan fingerprint density at radius 1 is 1.28 bits per heavy atom. The molecule has 0 spiro atoms. The van der Waals surface area contributed by atoms with Gasteiger partial charge in [0.05, 0.1) is 0 Å². The molecule has 1 saturated heterocycles. The first-order chi connectivity index (χ1) is 12.1. The summed E-state index contributed by atoms with van der Waals surface area (Å²) in [5.74, 6) is 0.447. The summed E-state index contributed by atoms with van der Waals surface area (Å²) in [4.78, 5) is 12.4. The van der Waals surface area contributed by atoms with Crippen LogP contribution in [0.25, 0.3) is 0 Å². The minimum Gasteiger partial charge on any atom is -0.489 e. The number of rotatable bonds is 5. The van der Waals surface area contributed by atoms with Crippen molar-refractivity contribution >= 4 is 11.6 Å². The lowest BCUT2D eigenvalue weighted by Crippen LogP contribution is -2.40. The smallest absolute Gasteiger partial charge is 0.227 e. The molecule has 132 valence electrons. The fourth-order valence-electron chi connectivity index (χ4n) is 3.07. The highest BCUT2D eigenvalue weighted by Gasteiger charge is 2.24. The molecule has 1 fully saturated rings. The van der Waals surface area contributed by atoms with E-state index in [1.807, 2.05) is 24.3 Å². The van der Waals surface area contributed by atoms with Gasteiger partial charge in [0.2, 0.25) is 5.91 Å². The lowest BCUT2D eigenvalue weighted by molar-refractivity contribution is -0.120. The van der Waals surface area contributed by atoms with E-state index < -0.39 is 0 Å². The summed E-state index contributed by atoms with van der Waals surface area (Å²) >= 11 is 0. The van der Waals surface area contributed by atoms with Crippen molar-refractivity contribution in [2.75, 3.05) is 11.9 Å². The Labute approximate surface area is 147 Å². The summed E-state index contributed by atoms with van der Waals surface area (Å²) in [6, 6.07) is 14.0. The van der Waals surface area contributed by atoms with E-state index in [4.69, 9.17) is 4.74 Å². The third-order valence-corrected chi connectivity index (χ3v) is 4.39. The Morgan fingerprint density at radius 3 is 2.92 bits per heavy atom. The molecule has 0 unspecified atom stereocenters. The van der Waals surface area contributed by atoms with Crippen molar-refractivity contribution in [1.29, 1.82) is 0 Å². The average Bonchev–Trinajstić information content (AvgIpc) is 2.60. The Balaban J connectivity index is 1.58. The van der Waals surface area contributed by atoms with Gasteiger partial charge in [-0.05, 0) is 56.1 Å². The Kier molecular flexibility index (Phi) is 5.66. The Hall–Kier alpha value is -2.40. The molecule has 0 radical (unpaired) electrons. The largest absolute Gasteiger partial charge is 0.489 e. The number of anilines is 1. The van der Waals surface area contributed by atoms with Crippen LogP contribution >= 0.6 is 0 Å². The van der Waals surface area contributed by atoms with Gasteiger partial charge in [-0.3, -0.25) is 4.79 Å². The van der Waals surface area contributed by atoms with Gasteiger partial charge >= 0.3 is 0 Å². The second kappa shape index (κ2) is 8.12. The molecule has 0 bridgehead atoms. The van der Waals surface area contributed by atoms with E-state index in [0.29, 0.717) is 17.5 Å². The second-order valence-electron chi connectivity index (χ2n) is 6.51. The summed E-state index contributed by atoms with van der Waals surface area (Å²) < 4.78 is 18.9. The molecule has 5 heteroatoms. The van der Waals surface area contributed by atoms with E-state index in [2.05, 4.69) is 17.6 Å². The molecule has 1 aliphatic heterocycles. The maximum atomic E-state index is 13.2. The zero-order valence-corrected chi connectivity index (χ0v) is 14.3. The molecule has 2 atom stereocenters. The number of ether oxygens (including phenoxy) is 1. The predicted octanol–water partition coefficient (Wildman–Crippen LogP) is 3.73. The maximum absolute atomic E-state index is 13.2. The minimum atomic E-state index is -0.279. The van der Waals surface area contributed by atoms with Crippen molar-refractivity contribution in [3.63, 3.8) is 0 Å². The fraction of sp³-hybridized carbons (Fsp3) is 0.350. The quantitative estimate of drug-likeness (QED) is 0.870. The number of hydrogen-bond donors (Lipinski definition) is 2. The zero-order chi connectivity index (χ0) is 17.6. The number of carbonyl (C=O) groups excluding carboxylic acids is 1. The first kappa shape index (κ1) is 17.4. The van der Waals surface area contributed by atoms with Gasteiger partial charge in [-0.25, -0.2) is 4.39 Å². The summed E-state index contributed by atoms with van der Waals surface area (Å²) in [5, 5.41) is 6.32. The summed E-state index contributed by atoms with van der Waals surface area (Å²) in [7, 11) is 0. The average molecular weight is 342 g/mol. The second-order valence-corrected chi connectivity index (χ2v) is 6.51. The van der Waals surface area contributed by atoms with Crippen LogP contribution in [-0.4, -0.2) is 18.5 Å². The van der Waals surface area contributed by atoms with Gasteiger partial charge in [0, 0.05) is 23.7 Å². The summed E-state index contributed by atoms with van der Waals surface area (Å²) in [6.45, 7) is 3.25. The van der Waals surface area contributed by atoms with Gasteiger partial charge in [0.25, 0.3) is 0 Å². The van der Waals surface area contributed by atoms with Crippen LogP contribution in [0.15, 0.2) is 48.5 Å². The van der Waals surface area contributed by atoms with Crippen molar-refractivity contribution in [1.82, 2.24) is 5.32 Å². The van der Waals surface area contributed by atoms with Gasteiger partial charge in [-0.15, -0.1) is 0 Å². The lowest BCUT2D eigenvalue weighted by Gasteiger charge is -2.27. The van der Waals surface area contributed by atoms with Crippen LogP contribution in [0.3, 0.4) is 0 Å². The summed E-state index contributed by atoms with van der Waals surface area (Å²) in [6.07, 6.45) is 1.70. The van der Waals surface area contributed by atoms with Crippen molar-refractivity contribution in [3.05, 3.63) is 59.9 Å². The molecule has 1 amide bonds. The highest BCUT2D eigenvalue weighted by Crippen LogP contribution is 2.22. The van der Waals surface area contributed by atoms with Gasteiger partial charge in [-0.2, -0.15) is 0 Å². The van der Waals surface area contributed by atoms with Crippen LogP contribution < -0.4 is 15.4 Å². The van der Waals surface area contributed by atoms with E-state index in [-0.39, 0.29) is 24.2 Å². The van der Waals surface area contributed by atoms with Crippen LogP contribution in [0.1, 0.15) is 25.3 Å². The van der Waals surface area contributed by atoms with Crippen LogP contribution in [0.4, 0.5) is 10.1 Å². The SMILES string of the molecule is C[C@H]1C[C@@H](C(=O)Nc2cccc(OCc3cccc(F)c3)c2)CCN1.